The Morgan fingerprint density at radius 2 is 1.65 bits per heavy atom. The van der Waals surface area contributed by atoms with Gasteiger partial charge in [0.25, 0.3) is 5.91 Å². The molecule has 0 spiro atoms. The number of aromatic hydroxyl groups is 1. The number of nitrogens with zero attached hydrogens (tertiary/aromatic N) is 3. The first-order valence-corrected chi connectivity index (χ1v) is 23.2. The molecule has 4 bridgehead atoms. The van der Waals surface area contributed by atoms with E-state index in [1.165, 1.54) is 59.3 Å². The third kappa shape index (κ3) is 9.28. The van der Waals surface area contributed by atoms with Crippen LogP contribution in [0.2, 0.25) is 0 Å². The molecule has 366 valence electrons. The third-order valence-electron chi connectivity index (χ3n) is 13.8. The molecule has 0 unspecified atom stereocenters. The van der Waals surface area contributed by atoms with Gasteiger partial charge >= 0.3 is 11.8 Å². The van der Waals surface area contributed by atoms with Crippen LogP contribution in [0.3, 0.4) is 0 Å². The maximum Gasteiger partial charge on any atom is 0.307 e. The molecule has 1 amide bonds. The van der Waals surface area contributed by atoms with Gasteiger partial charge in [0, 0.05) is 112 Å². The van der Waals surface area contributed by atoms with Gasteiger partial charge in [-0.25, -0.2) is 4.98 Å². The lowest BCUT2D eigenvalue weighted by Gasteiger charge is -2.38. The highest BCUT2D eigenvalue weighted by molar-refractivity contribution is 6.16. The number of nitrogens with one attached hydrogen (secondary N) is 1. The van der Waals surface area contributed by atoms with E-state index < -0.39 is 88.1 Å². The number of fused-ring (bicyclic) bond motifs is 2. The average molecular weight is 941 g/mol. The number of phenolic OH excluding ortho intramolecular Hbond substituents is 1. The number of carbonyl (C=O) groups is 2. The van der Waals surface area contributed by atoms with Crippen molar-refractivity contribution in [1.82, 2.24) is 9.88 Å². The molecule has 3 aliphatic rings. The first-order chi connectivity index (χ1) is 32.1. The van der Waals surface area contributed by atoms with Crippen molar-refractivity contribution in [2.75, 3.05) is 50.1 Å². The summed E-state index contributed by atoms with van der Waals surface area (Å²) in [5, 5.41) is 49.3. The van der Waals surface area contributed by atoms with E-state index in [0.717, 1.165) is 19.6 Å². The topological polar surface area (TPSA) is 231 Å². The summed E-state index contributed by atoms with van der Waals surface area (Å²) in [4.78, 5) is 64.7. The van der Waals surface area contributed by atoms with Crippen molar-refractivity contribution in [3.8, 4) is 11.5 Å². The van der Waals surface area contributed by atoms with Crippen LogP contribution in [0.4, 0.5) is 11.4 Å². The maximum atomic E-state index is 14.9. The summed E-state index contributed by atoms with van der Waals surface area (Å²) >= 11 is 0. The second-order valence-electron chi connectivity index (χ2n) is 19.2. The SMILES string of the molecule is CO[C@H]1/C=C/O[C@@]2(C)Oc3c(C)c(O)c4c(=O)c(c5oc6cc(N7CCN(CC(C)C)CC7)cc(=O)c6nc5c4c3=C2O)NC(=O)/C(C)=C\C=C\[C@H](C)[C@H](O)[C@@H](C)[C@H](O)[C@H](C)[C@H](OC(C)=O)[C@@H]1C. The molecule has 0 saturated carbocycles. The Morgan fingerprint density at radius 3 is 2.29 bits per heavy atom. The molecular formula is C51H64N4O13. The predicted molar refractivity (Wildman–Crippen MR) is 259 cm³/mol. The monoisotopic (exact) mass is 940 g/mol. The Balaban J connectivity index is 1.46. The number of methoxy groups -OCH3 is 1. The average Bonchev–Trinajstić information content (AvgIpc) is 3.56. The molecule has 17 nitrogen and oxygen atoms in total. The number of piperazine rings is 1. The second-order valence-corrected chi connectivity index (χ2v) is 19.2. The molecule has 4 aromatic rings. The largest absolute Gasteiger partial charge is 0.507 e. The standard InChI is InChI=1S/C51H64N4O13/c1-24(2)23-54-16-18-55(19-17-54)32-21-33(57)39-35(22-32)67-48-40(52-39)36-37-44(60)30(8)47-38(36)49(62)51(10,68-47)65-20-15-34(64-11)27(5)46(66-31(9)56)29(7)43(59)28(6)42(58)25(3)13-12-14-26(4)50(63)53-41(48)45(37)61/h12-15,20-22,24-25,27-29,34,42-43,46,58-60,62H,16-19,23H2,1-11H3,(H,53,63)/b13-12+,20-15+,26-14-/t25-,27+,28+,29-,34-,42-,43-,46+,51-/m0/s1. The van der Waals surface area contributed by atoms with Gasteiger partial charge in [-0.2, -0.15) is 0 Å². The minimum absolute atomic E-state index is 0.0390. The molecule has 0 radical (unpaired) electrons. The first kappa shape index (κ1) is 49.9. The van der Waals surface area contributed by atoms with Gasteiger partial charge in [0.05, 0.1) is 35.2 Å². The number of phenols is 1. The number of allylic oxidation sites excluding steroid dienone is 2. The minimum Gasteiger partial charge on any atom is -0.507 e. The van der Waals surface area contributed by atoms with Crippen molar-refractivity contribution >= 4 is 62.0 Å². The van der Waals surface area contributed by atoms with Crippen molar-refractivity contribution in [3.63, 3.8) is 0 Å². The molecular weight excluding hydrogens is 877 g/mol. The summed E-state index contributed by atoms with van der Waals surface area (Å²) in [5.41, 5.74) is -1.35. The Kier molecular flexibility index (Phi) is 14.3. The molecule has 4 heterocycles. The molecule has 3 aromatic carbocycles. The van der Waals surface area contributed by atoms with E-state index in [0.29, 0.717) is 24.7 Å². The second kappa shape index (κ2) is 19.5. The Hall–Kier alpha value is -6.01. The molecule has 1 fully saturated rings. The van der Waals surface area contributed by atoms with E-state index in [1.54, 1.807) is 45.9 Å². The van der Waals surface area contributed by atoms with Gasteiger partial charge in [-0.3, -0.25) is 24.1 Å². The molecule has 1 saturated heterocycles. The third-order valence-corrected chi connectivity index (χ3v) is 13.8. The number of aliphatic hydroxyl groups excluding tert-OH is 3. The summed E-state index contributed by atoms with van der Waals surface area (Å²) in [7, 11) is 1.45. The van der Waals surface area contributed by atoms with Crippen LogP contribution in [0.5, 0.6) is 11.5 Å². The summed E-state index contributed by atoms with van der Waals surface area (Å²) in [6.07, 6.45) is 3.57. The number of amides is 1. The van der Waals surface area contributed by atoms with Crippen LogP contribution >= 0.6 is 0 Å². The van der Waals surface area contributed by atoms with Crippen LogP contribution in [0.15, 0.2) is 62.3 Å². The van der Waals surface area contributed by atoms with Gasteiger partial charge in [0.1, 0.15) is 28.8 Å². The lowest BCUT2D eigenvalue weighted by molar-refractivity contribution is -0.160. The van der Waals surface area contributed by atoms with E-state index in [4.69, 9.17) is 28.3 Å². The number of benzene rings is 3. The van der Waals surface area contributed by atoms with Crippen LogP contribution in [0, 0.1) is 36.5 Å². The fourth-order valence-electron chi connectivity index (χ4n) is 9.76. The summed E-state index contributed by atoms with van der Waals surface area (Å²) in [6.45, 7) is 20.8. The van der Waals surface area contributed by atoms with Crippen molar-refractivity contribution in [1.29, 1.82) is 0 Å². The van der Waals surface area contributed by atoms with Crippen molar-refractivity contribution < 1.29 is 53.4 Å². The molecule has 17 heteroatoms. The fraction of sp³-hybridized carbons (Fsp3) is 0.510. The number of esters is 1. The number of aromatic nitrogens is 1. The molecule has 1 aromatic heterocycles. The number of anilines is 2. The zero-order chi connectivity index (χ0) is 49.7. The summed E-state index contributed by atoms with van der Waals surface area (Å²) in [6, 6.07) is 3.16. The number of carbonyl (C=O) groups excluding carboxylic acids is 2. The van der Waals surface area contributed by atoms with Crippen LogP contribution in [-0.4, -0.2) is 112 Å². The Labute approximate surface area is 394 Å². The van der Waals surface area contributed by atoms with Gasteiger partial charge in [-0.15, -0.1) is 0 Å². The van der Waals surface area contributed by atoms with Gasteiger partial charge in [-0.1, -0.05) is 59.8 Å². The van der Waals surface area contributed by atoms with Gasteiger partial charge in [-0.05, 0) is 25.8 Å². The van der Waals surface area contributed by atoms with Gasteiger partial charge in [0.15, 0.2) is 22.4 Å². The highest BCUT2D eigenvalue weighted by Gasteiger charge is 2.44. The van der Waals surface area contributed by atoms with E-state index in [9.17, 15) is 39.6 Å². The van der Waals surface area contributed by atoms with Crippen molar-refractivity contribution in [3.05, 3.63) is 79.5 Å². The summed E-state index contributed by atoms with van der Waals surface area (Å²) in [5.74, 6) is -6.43. The summed E-state index contributed by atoms with van der Waals surface area (Å²) < 4.78 is 30.5. The highest BCUT2D eigenvalue weighted by atomic mass is 16.7. The molecule has 9 atom stereocenters. The number of hydrogen-bond donors (Lipinski definition) is 5. The fourth-order valence-corrected chi connectivity index (χ4v) is 9.76. The lowest BCUT2D eigenvalue weighted by Crippen LogP contribution is -2.47. The minimum atomic E-state index is -1.98. The van der Waals surface area contributed by atoms with Crippen LogP contribution in [-0.2, 0) is 23.8 Å². The van der Waals surface area contributed by atoms with E-state index in [1.807, 2.05) is 0 Å². The highest BCUT2D eigenvalue weighted by Crippen LogP contribution is 2.42. The van der Waals surface area contributed by atoms with Gasteiger partial charge < -0.3 is 54.0 Å². The maximum absolute atomic E-state index is 14.9. The molecule has 5 N–H and O–H groups in total. The lowest BCUT2D eigenvalue weighted by atomic mass is 9.78. The van der Waals surface area contributed by atoms with Crippen LogP contribution in [0.1, 0.15) is 67.9 Å². The van der Waals surface area contributed by atoms with Crippen molar-refractivity contribution in [2.24, 2.45) is 29.6 Å². The Bertz CT molecular complexity index is 2900. The number of aliphatic hydroxyl groups is 3. The number of rotatable bonds is 5. The van der Waals surface area contributed by atoms with Gasteiger partial charge in [0.2, 0.25) is 10.9 Å². The first-order valence-electron chi connectivity index (χ1n) is 23.2. The van der Waals surface area contributed by atoms with Crippen molar-refractivity contribution in [2.45, 2.75) is 99.4 Å². The molecule has 3 aliphatic heterocycles. The van der Waals surface area contributed by atoms with E-state index in [2.05, 4.69) is 29.0 Å². The van der Waals surface area contributed by atoms with E-state index >= 15 is 0 Å². The zero-order valence-electron chi connectivity index (χ0n) is 40.6. The normalized spacial score (nSPS) is 29.5. The zero-order valence-corrected chi connectivity index (χ0v) is 40.6. The predicted octanol–water partition coefficient (Wildman–Crippen LogP) is 5.34. The molecule has 7 rings (SSSR count). The molecule has 68 heavy (non-hydrogen) atoms. The molecule has 0 aliphatic carbocycles. The van der Waals surface area contributed by atoms with E-state index in [-0.39, 0.29) is 60.8 Å². The smallest absolute Gasteiger partial charge is 0.307 e. The Morgan fingerprint density at radius 1 is 0.956 bits per heavy atom. The quantitative estimate of drug-likeness (QED) is 0.0966. The van der Waals surface area contributed by atoms with Crippen LogP contribution < -0.4 is 31.0 Å². The number of hydrogen-bond acceptors (Lipinski definition) is 16. The van der Waals surface area contributed by atoms with Crippen LogP contribution in [0.25, 0.3) is 38.7 Å². The number of ether oxygens (including phenoxy) is 4.